The number of urea groups is 1. The van der Waals surface area contributed by atoms with Gasteiger partial charge in [-0.15, -0.1) is 0 Å². The van der Waals surface area contributed by atoms with Gasteiger partial charge < -0.3 is 25.2 Å². The minimum Gasteiger partial charge on any atom is -0.504 e. The second-order valence-corrected chi connectivity index (χ2v) is 4.08. The zero-order valence-electron chi connectivity index (χ0n) is 12.1. The number of amides is 2. The molecule has 0 unspecified atom stereocenters. The number of ether oxygens (including phenoxy) is 2. The Morgan fingerprint density at radius 2 is 1.95 bits per heavy atom. The van der Waals surface area contributed by atoms with E-state index in [2.05, 4.69) is 15.4 Å². The minimum atomic E-state index is -0.494. The molecule has 0 aliphatic carbocycles. The molecular formula is C14H20N2O5. The number of nitrogens with one attached hydrogen (secondary N) is 2. The fourth-order valence-electron chi connectivity index (χ4n) is 1.56. The summed E-state index contributed by atoms with van der Waals surface area (Å²) in [6, 6.07) is 4.38. The van der Waals surface area contributed by atoms with Crippen molar-refractivity contribution in [1.29, 1.82) is 0 Å². The summed E-state index contributed by atoms with van der Waals surface area (Å²) in [4.78, 5) is 22.5. The molecule has 1 aromatic rings. The number of carbonyl (C=O) groups excluding carboxylic acids is 2. The number of rotatable bonds is 7. The van der Waals surface area contributed by atoms with E-state index in [4.69, 9.17) is 4.74 Å². The maximum Gasteiger partial charge on any atom is 0.325 e. The van der Waals surface area contributed by atoms with Crippen LogP contribution in [0.25, 0.3) is 0 Å². The fourth-order valence-corrected chi connectivity index (χ4v) is 1.56. The average Bonchev–Trinajstić information content (AvgIpc) is 2.46. The van der Waals surface area contributed by atoms with Gasteiger partial charge in [-0.2, -0.15) is 0 Å². The Labute approximate surface area is 123 Å². The second kappa shape index (κ2) is 8.68. The summed E-state index contributed by atoms with van der Waals surface area (Å²) in [7, 11) is 0. The summed E-state index contributed by atoms with van der Waals surface area (Å²) in [6.07, 6.45) is 0. The van der Waals surface area contributed by atoms with Crippen molar-refractivity contribution in [2.24, 2.45) is 0 Å². The number of esters is 1. The van der Waals surface area contributed by atoms with Crippen LogP contribution in [0, 0.1) is 0 Å². The van der Waals surface area contributed by atoms with Crippen molar-refractivity contribution in [3.63, 3.8) is 0 Å². The van der Waals surface area contributed by atoms with E-state index in [-0.39, 0.29) is 25.4 Å². The van der Waals surface area contributed by atoms with E-state index in [0.717, 1.165) is 0 Å². The number of aromatic hydroxyl groups is 1. The third kappa shape index (κ3) is 6.03. The van der Waals surface area contributed by atoms with Crippen molar-refractivity contribution in [3.8, 4) is 11.5 Å². The molecule has 7 heteroatoms. The summed E-state index contributed by atoms with van der Waals surface area (Å²) >= 11 is 0. The minimum absolute atomic E-state index is 0.0167. The van der Waals surface area contributed by atoms with Gasteiger partial charge in [0, 0.05) is 6.54 Å². The topological polar surface area (TPSA) is 96.9 Å². The molecule has 0 spiro atoms. The predicted octanol–water partition coefficient (Wildman–Crippen LogP) is 1.15. The van der Waals surface area contributed by atoms with Crippen molar-refractivity contribution in [2.45, 2.75) is 20.4 Å². The Morgan fingerprint density at radius 3 is 2.57 bits per heavy atom. The molecule has 7 nitrogen and oxygen atoms in total. The van der Waals surface area contributed by atoms with Gasteiger partial charge in [-0.3, -0.25) is 4.79 Å². The van der Waals surface area contributed by atoms with Crippen LogP contribution < -0.4 is 15.4 Å². The summed E-state index contributed by atoms with van der Waals surface area (Å²) in [6.45, 7) is 4.27. The largest absolute Gasteiger partial charge is 0.504 e. The Kier molecular flexibility index (Phi) is 6.86. The molecule has 2 amide bonds. The van der Waals surface area contributed by atoms with Crippen LogP contribution in [0.5, 0.6) is 11.5 Å². The summed E-state index contributed by atoms with van der Waals surface area (Å²) in [5.41, 5.74) is 0.710. The van der Waals surface area contributed by atoms with Crippen LogP contribution in [0.1, 0.15) is 19.4 Å². The summed E-state index contributed by atoms with van der Waals surface area (Å²) < 4.78 is 9.88. The Hall–Kier alpha value is -2.44. The molecular weight excluding hydrogens is 276 g/mol. The van der Waals surface area contributed by atoms with Crippen LogP contribution in [-0.2, 0) is 16.1 Å². The van der Waals surface area contributed by atoms with E-state index in [1.54, 1.807) is 19.1 Å². The lowest BCUT2D eigenvalue weighted by Crippen LogP contribution is -2.38. The van der Waals surface area contributed by atoms with E-state index in [9.17, 15) is 14.7 Å². The number of phenolic OH excluding ortho intramolecular Hbond substituents is 1. The molecule has 1 rings (SSSR count). The van der Waals surface area contributed by atoms with Gasteiger partial charge in [-0.1, -0.05) is 6.07 Å². The molecule has 0 fully saturated rings. The molecule has 0 bridgehead atoms. The molecule has 0 aliphatic rings. The predicted molar refractivity (Wildman–Crippen MR) is 76.1 cm³/mol. The monoisotopic (exact) mass is 296 g/mol. The quantitative estimate of drug-likeness (QED) is 0.656. The van der Waals surface area contributed by atoms with Crippen LogP contribution >= 0.6 is 0 Å². The van der Waals surface area contributed by atoms with Crippen LogP contribution in [0.4, 0.5) is 4.79 Å². The van der Waals surface area contributed by atoms with Crippen molar-refractivity contribution in [3.05, 3.63) is 23.8 Å². The van der Waals surface area contributed by atoms with Gasteiger partial charge in [0.2, 0.25) is 0 Å². The molecule has 0 saturated carbocycles. The highest BCUT2D eigenvalue weighted by Gasteiger charge is 2.07. The molecule has 3 N–H and O–H groups in total. The lowest BCUT2D eigenvalue weighted by atomic mass is 10.2. The molecule has 0 atom stereocenters. The van der Waals surface area contributed by atoms with Crippen LogP contribution in [0.3, 0.4) is 0 Å². The van der Waals surface area contributed by atoms with Crippen LogP contribution in [0.15, 0.2) is 18.2 Å². The fraction of sp³-hybridized carbons (Fsp3) is 0.429. The van der Waals surface area contributed by atoms with E-state index in [0.29, 0.717) is 17.9 Å². The molecule has 0 aromatic heterocycles. The Balaban J connectivity index is 2.39. The maximum absolute atomic E-state index is 11.5. The van der Waals surface area contributed by atoms with E-state index >= 15 is 0 Å². The maximum atomic E-state index is 11.5. The first-order valence-corrected chi connectivity index (χ1v) is 6.68. The highest BCUT2D eigenvalue weighted by molar-refractivity contribution is 5.80. The molecule has 21 heavy (non-hydrogen) atoms. The Bertz CT molecular complexity index is 490. The smallest absolute Gasteiger partial charge is 0.325 e. The summed E-state index contributed by atoms with van der Waals surface area (Å²) in [5, 5.41) is 14.6. The van der Waals surface area contributed by atoms with Gasteiger partial charge in [-0.25, -0.2) is 4.79 Å². The average molecular weight is 296 g/mol. The number of phenols is 1. The number of hydrogen-bond donors (Lipinski definition) is 3. The molecule has 0 aliphatic heterocycles. The molecule has 0 heterocycles. The number of benzene rings is 1. The normalized spacial score (nSPS) is 9.81. The molecule has 1 aromatic carbocycles. The lowest BCUT2D eigenvalue weighted by Gasteiger charge is -2.09. The molecule has 0 saturated heterocycles. The van der Waals surface area contributed by atoms with E-state index in [1.807, 2.05) is 6.92 Å². The Morgan fingerprint density at radius 1 is 1.19 bits per heavy atom. The zero-order valence-corrected chi connectivity index (χ0v) is 12.1. The van der Waals surface area contributed by atoms with E-state index < -0.39 is 12.0 Å². The molecule has 116 valence electrons. The van der Waals surface area contributed by atoms with Gasteiger partial charge in [0.25, 0.3) is 0 Å². The lowest BCUT2D eigenvalue weighted by molar-refractivity contribution is -0.141. The van der Waals surface area contributed by atoms with E-state index in [1.165, 1.54) is 6.07 Å². The highest BCUT2D eigenvalue weighted by atomic mass is 16.5. The summed E-state index contributed by atoms with van der Waals surface area (Å²) in [5.74, 6) is -0.0811. The zero-order chi connectivity index (χ0) is 15.7. The van der Waals surface area contributed by atoms with Crippen LogP contribution in [-0.4, -0.2) is 36.9 Å². The van der Waals surface area contributed by atoms with Crippen molar-refractivity contribution in [2.75, 3.05) is 19.8 Å². The van der Waals surface area contributed by atoms with Crippen molar-refractivity contribution < 1.29 is 24.2 Å². The van der Waals surface area contributed by atoms with Gasteiger partial charge in [0.05, 0.1) is 13.2 Å². The van der Waals surface area contributed by atoms with Gasteiger partial charge in [0.1, 0.15) is 6.54 Å². The second-order valence-electron chi connectivity index (χ2n) is 4.08. The number of hydrogen-bond acceptors (Lipinski definition) is 5. The third-order valence-corrected chi connectivity index (χ3v) is 2.47. The molecule has 0 radical (unpaired) electrons. The van der Waals surface area contributed by atoms with Gasteiger partial charge in [0.15, 0.2) is 11.5 Å². The SMILES string of the molecule is CCOC(=O)CNC(=O)NCc1ccc(OCC)c(O)c1. The first kappa shape index (κ1) is 16.6. The van der Waals surface area contributed by atoms with Gasteiger partial charge in [-0.05, 0) is 31.5 Å². The van der Waals surface area contributed by atoms with Crippen molar-refractivity contribution in [1.82, 2.24) is 10.6 Å². The first-order chi connectivity index (χ1) is 10.1. The van der Waals surface area contributed by atoms with Gasteiger partial charge >= 0.3 is 12.0 Å². The third-order valence-electron chi connectivity index (χ3n) is 2.47. The standard InChI is InChI=1S/C14H20N2O5/c1-3-20-12-6-5-10(7-11(12)17)8-15-14(19)16-9-13(18)21-4-2/h5-7,17H,3-4,8-9H2,1-2H3,(H2,15,16,19). The first-order valence-electron chi connectivity index (χ1n) is 6.68. The highest BCUT2D eigenvalue weighted by Crippen LogP contribution is 2.26. The van der Waals surface area contributed by atoms with Crippen LogP contribution in [0.2, 0.25) is 0 Å². The number of carbonyl (C=O) groups is 2. The van der Waals surface area contributed by atoms with Crippen molar-refractivity contribution >= 4 is 12.0 Å².